The van der Waals surface area contributed by atoms with Crippen molar-refractivity contribution >= 4 is 0 Å². The quantitative estimate of drug-likeness (QED) is 0.634. The Bertz CT molecular complexity index is 532. The highest BCUT2D eigenvalue weighted by Crippen LogP contribution is 2.23. The average Bonchev–Trinajstić information content (AvgIpc) is 2.55. The Morgan fingerprint density at radius 2 is 2.28 bits per heavy atom. The van der Waals surface area contributed by atoms with E-state index in [-0.39, 0.29) is 0 Å². The Morgan fingerprint density at radius 1 is 1.44 bits per heavy atom. The fraction of sp³-hybridized carbons (Fsp3) is 0.235. The van der Waals surface area contributed by atoms with Crippen molar-refractivity contribution in [2.45, 2.75) is 26.7 Å². The van der Waals surface area contributed by atoms with Crippen LogP contribution in [0.3, 0.4) is 0 Å². The van der Waals surface area contributed by atoms with E-state index >= 15 is 0 Å². The Labute approximate surface area is 109 Å². The van der Waals surface area contributed by atoms with E-state index in [0.29, 0.717) is 0 Å². The molecule has 18 heavy (non-hydrogen) atoms. The molecular formula is C17H19N. The zero-order valence-electron chi connectivity index (χ0n) is 11.1. The fourth-order valence-corrected chi connectivity index (χ4v) is 2.08. The van der Waals surface area contributed by atoms with Gasteiger partial charge in [-0.05, 0) is 50.0 Å². The van der Waals surface area contributed by atoms with E-state index in [4.69, 9.17) is 0 Å². The minimum absolute atomic E-state index is 0.972. The van der Waals surface area contributed by atoms with Gasteiger partial charge in [0.1, 0.15) is 0 Å². The van der Waals surface area contributed by atoms with Gasteiger partial charge in [0, 0.05) is 11.9 Å². The Balaban J connectivity index is 2.29. The Hall–Kier alpha value is -1.98. The molecule has 0 bridgehead atoms. The molecule has 0 saturated carbocycles. The standard InChI is InChI=1S/C17H19N/c1-14(17-11-5-4-6-12-17)13-18-15(2)9-7-8-10-16(18)3/h4-5,7-9,11,13H,2,6,12H2,1,3H3/b14-13+. The molecule has 0 fully saturated rings. The molecule has 0 aromatic rings. The van der Waals surface area contributed by atoms with Crippen molar-refractivity contribution in [3.8, 4) is 0 Å². The third-order valence-electron chi connectivity index (χ3n) is 3.19. The molecular weight excluding hydrogens is 218 g/mol. The maximum Gasteiger partial charge on any atom is 0.0618 e. The second-order valence-corrected chi connectivity index (χ2v) is 4.59. The molecule has 0 aromatic carbocycles. The summed E-state index contributed by atoms with van der Waals surface area (Å²) in [6.07, 6.45) is 16.8. The normalized spacial score (nSPS) is 19.8. The van der Waals surface area contributed by atoms with Gasteiger partial charge in [0.2, 0.25) is 0 Å². The monoisotopic (exact) mass is 237 g/mol. The number of nitrogens with zero attached hydrogens (tertiary/aromatic N) is 1. The Kier molecular flexibility index (Phi) is 3.86. The molecule has 2 aliphatic rings. The first-order valence-electron chi connectivity index (χ1n) is 6.31. The van der Waals surface area contributed by atoms with E-state index < -0.39 is 0 Å². The maximum atomic E-state index is 4.08. The first-order chi connectivity index (χ1) is 8.68. The van der Waals surface area contributed by atoms with Gasteiger partial charge in [-0.25, -0.2) is 0 Å². The molecule has 0 unspecified atom stereocenters. The molecule has 1 heteroatoms. The van der Waals surface area contributed by atoms with Gasteiger partial charge in [-0.2, -0.15) is 0 Å². The van der Waals surface area contributed by atoms with Gasteiger partial charge in [-0.1, -0.05) is 36.6 Å². The van der Waals surface area contributed by atoms with Crippen LogP contribution >= 0.6 is 0 Å². The van der Waals surface area contributed by atoms with Crippen LogP contribution in [-0.2, 0) is 0 Å². The van der Waals surface area contributed by atoms with Crippen molar-refractivity contribution < 1.29 is 0 Å². The van der Waals surface area contributed by atoms with Crippen LogP contribution < -0.4 is 0 Å². The summed E-state index contributed by atoms with van der Waals surface area (Å²) >= 11 is 0. The van der Waals surface area contributed by atoms with E-state index in [1.54, 1.807) is 0 Å². The summed E-state index contributed by atoms with van der Waals surface area (Å²) in [6.45, 7) is 8.29. The second kappa shape index (κ2) is 5.57. The molecule has 0 aromatic heterocycles. The summed E-state index contributed by atoms with van der Waals surface area (Å²) in [5.41, 5.74) is 7.95. The molecule has 1 aliphatic heterocycles. The van der Waals surface area contributed by atoms with E-state index in [2.05, 4.69) is 48.6 Å². The molecule has 0 radical (unpaired) electrons. The molecule has 0 spiro atoms. The van der Waals surface area contributed by atoms with E-state index in [1.165, 1.54) is 11.1 Å². The topological polar surface area (TPSA) is 3.24 Å². The number of hydrogen-bond acceptors (Lipinski definition) is 1. The summed E-state index contributed by atoms with van der Waals surface area (Å²) in [4.78, 5) is 2.09. The minimum atomic E-state index is 0.972. The average molecular weight is 237 g/mol. The van der Waals surface area contributed by atoms with Crippen LogP contribution in [0.5, 0.6) is 0 Å². The highest BCUT2D eigenvalue weighted by molar-refractivity contribution is 5.37. The number of allylic oxidation sites excluding steroid dienone is 8. The van der Waals surface area contributed by atoms with Crippen molar-refractivity contribution in [1.82, 2.24) is 4.90 Å². The number of rotatable bonds is 2. The van der Waals surface area contributed by atoms with Crippen molar-refractivity contribution in [2.75, 3.05) is 0 Å². The van der Waals surface area contributed by atoms with Gasteiger partial charge in [0.15, 0.2) is 0 Å². The maximum absolute atomic E-state index is 4.08. The summed E-state index contributed by atoms with van der Waals surface area (Å²) in [5.74, 6) is 0. The van der Waals surface area contributed by atoms with Gasteiger partial charge in [0.25, 0.3) is 0 Å². The van der Waals surface area contributed by atoms with Gasteiger partial charge in [0.05, 0.1) is 5.70 Å². The van der Waals surface area contributed by atoms with Crippen LogP contribution in [0.15, 0.2) is 77.5 Å². The fourth-order valence-electron chi connectivity index (χ4n) is 2.08. The second-order valence-electron chi connectivity index (χ2n) is 4.59. The van der Waals surface area contributed by atoms with Crippen LogP contribution in [0, 0.1) is 0 Å². The molecule has 1 nitrogen and oxygen atoms in total. The highest BCUT2D eigenvalue weighted by atomic mass is 15.1. The van der Waals surface area contributed by atoms with Crippen LogP contribution in [0.2, 0.25) is 0 Å². The van der Waals surface area contributed by atoms with Crippen molar-refractivity contribution in [2.24, 2.45) is 0 Å². The molecule has 0 N–H and O–H groups in total. The van der Waals surface area contributed by atoms with Crippen molar-refractivity contribution in [3.05, 3.63) is 77.5 Å². The predicted molar refractivity (Wildman–Crippen MR) is 77.6 cm³/mol. The highest BCUT2D eigenvalue weighted by Gasteiger charge is 2.09. The lowest BCUT2D eigenvalue weighted by Crippen LogP contribution is -2.12. The molecule has 0 saturated heterocycles. The predicted octanol–water partition coefficient (Wildman–Crippen LogP) is 4.61. The smallest absolute Gasteiger partial charge is 0.0618 e. The summed E-state index contributed by atoms with van der Waals surface area (Å²) in [6, 6.07) is 0. The van der Waals surface area contributed by atoms with Crippen LogP contribution in [0.4, 0.5) is 0 Å². The SMILES string of the molecule is C=C1C=CC=C=C(C)N1/C=C(\C)C1=CC=CCC1. The molecule has 1 heterocycles. The van der Waals surface area contributed by atoms with Gasteiger partial charge < -0.3 is 4.90 Å². The molecule has 0 atom stereocenters. The van der Waals surface area contributed by atoms with E-state index in [1.807, 2.05) is 25.2 Å². The van der Waals surface area contributed by atoms with Gasteiger partial charge in [-0.15, -0.1) is 0 Å². The van der Waals surface area contributed by atoms with E-state index in [0.717, 1.165) is 24.2 Å². The van der Waals surface area contributed by atoms with Gasteiger partial charge >= 0.3 is 0 Å². The Morgan fingerprint density at radius 3 is 3.00 bits per heavy atom. The minimum Gasteiger partial charge on any atom is -0.315 e. The van der Waals surface area contributed by atoms with E-state index in [9.17, 15) is 0 Å². The molecule has 0 amide bonds. The first-order valence-corrected chi connectivity index (χ1v) is 6.31. The lowest BCUT2D eigenvalue weighted by molar-refractivity contribution is 0.594. The molecule has 2 rings (SSSR count). The lowest BCUT2D eigenvalue weighted by atomic mass is 9.99. The van der Waals surface area contributed by atoms with Crippen molar-refractivity contribution in [1.29, 1.82) is 0 Å². The van der Waals surface area contributed by atoms with Gasteiger partial charge in [-0.3, -0.25) is 0 Å². The molecule has 92 valence electrons. The van der Waals surface area contributed by atoms with Crippen LogP contribution in [0.1, 0.15) is 26.7 Å². The van der Waals surface area contributed by atoms with Crippen LogP contribution in [0.25, 0.3) is 0 Å². The number of hydrogen-bond donors (Lipinski definition) is 0. The summed E-state index contributed by atoms with van der Waals surface area (Å²) in [7, 11) is 0. The third kappa shape index (κ3) is 2.82. The van der Waals surface area contributed by atoms with Crippen molar-refractivity contribution in [3.63, 3.8) is 0 Å². The van der Waals surface area contributed by atoms with Crippen LogP contribution in [-0.4, -0.2) is 4.90 Å². The summed E-state index contributed by atoms with van der Waals surface area (Å²) in [5, 5.41) is 0. The zero-order chi connectivity index (χ0) is 13.0. The lowest BCUT2D eigenvalue weighted by Gasteiger charge is -2.21. The summed E-state index contributed by atoms with van der Waals surface area (Å²) < 4.78 is 0. The largest absolute Gasteiger partial charge is 0.315 e. The zero-order valence-corrected chi connectivity index (χ0v) is 11.1. The molecule has 1 aliphatic carbocycles. The first kappa shape index (κ1) is 12.5. The third-order valence-corrected chi connectivity index (χ3v) is 3.19.